The molecule has 0 bridgehead atoms. The molecule has 0 aliphatic rings. The molecule has 2 aromatic heterocycles. The third-order valence-corrected chi connectivity index (χ3v) is 3.46. The third kappa shape index (κ3) is 4.29. The SMILES string of the molecule is CCc1cc(Nc2cc(C)n[nH]2)nc(-c2ccccc2OC(F)(F)F)n1. The van der Waals surface area contributed by atoms with Crippen LogP contribution in [0.3, 0.4) is 0 Å². The first-order chi connectivity index (χ1) is 12.3. The van der Waals surface area contributed by atoms with E-state index in [-0.39, 0.29) is 17.1 Å². The number of ether oxygens (including phenoxy) is 1. The lowest BCUT2D eigenvalue weighted by Gasteiger charge is -2.13. The Morgan fingerprint density at radius 1 is 1.15 bits per heavy atom. The number of hydrogen-bond acceptors (Lipinski definition) is 5. The second kappa shape index (κ2) is 7.03. The van der Waals surface area contributed by atoms with Gasteiger partial charge in [0, 0.05) is 17.8 Å². The maximum Gasteiger partial charge on any atom is 0.573 e. The Balaban J connectivity index is 2.01. The van der Waals surface area contributed by atoms with Gasteiger partial charge in [0.1, 0.15) is 17.4 Å². The van der Waals surface area contributed by atoms with Gasteiger partial charge in [0.25, 0.3) is 0 Å². The molecule has 0 spiro atoms. The van der Waals surface area contributed by atoms with Crippen molar-refractivity contribution in [2.75, 3.05) is 5.32 Å². The van der Waals surface area contributed by atoms with Gasteiger partial charge in [-0.05, 0) is 25.5 Å². The molecule has 2 heterocycles. The summed E-state index contributed by atoms with van der Waals surface area (Å²) in [4.78, 5) is 8.66. The van der Waals surface area contributed by atoms with E-state index >= 15 is 0 Å². The van der Waals surface area contributed by atoms with E-state index in [1.165, 1.54) is 18.2 Å². The summed E-state index contributed by atoms with van der Waals surface area (Å²) in [6.45, 7) is 3.73. The van der Waals surface area contributed by atoms with Crippen molar-refractivity contribution < 1.29 is 17.9 Å². The highest BCUT2D eigenvalue weighted by atomic mass is 19.4. The quantitative estimate of drug-likeness (QED) is 0.704. The first kappa shape index (κ1) is 17.7. The molecule has 3 aromatic rings. The van der Waals surface area contributed by atoms with Crippen LogP contribution < -0.4 is 10.1 Å². The monoisotopic (exact) mass is 363 g/mol. The molecule has 9 heteroatoms. The van der Waals surface area contributed by atoms with Gasteiger partial charge in [0.05, 0.1) is 11.3 Å². The normalized spacial score (nSPS) is 11.4. The largest absolute Gasteiger partial charge is 0.573 e. The number of aromatic nitrogens is 4. The molecule has 6 nitrogen and oxygen atoms in total. The van der Waals surface area contributed by atoms with Crippen LogP contribution in [0.2, 0.25) is 0 Å². The Morgan fingerprint density at radius 3 is 2.58 bits per heavy atom. The number of aromatic amines is 1. The molecule has 0 aliphatic heterocycles. The summed E-state index contributed by atoms with van der Waals surface area (Å²) in [6.07, 6.45) is -4.21. The lowest BCUT2D eigenvalue weighted by atomic mass is 10.1. The third-order valence-electron chi connectivity index (χ3n) is 3.46. The van der Waals surface area contributed by atoms with Crippen molar-refractivity contribution in [3.8, 4) is 17.1 Å². The lowest BCUT2D eigenvalue weighted by Crippen LogP contribution is -2.17. The predicted molar refractivity (Wildman–Crippen MR) is 90.1 cm³/mol. The summed E-state index contributed by atoms with van der Waals surface area (Å²) in [5.74, 6) is 0.853. The fourth-order valence-corrected chi connectivity index (χ4v) is 2.35. The second-order valence-electron chi connectivity index (χ2n) is 5.51. The average molecular weight is 363 g/mol. The number of alkyl halides is 3. The van der Waals surface area contributed by atoms with Gasteiger partial charge in [-0.15, -0.1) is 13.2 Å². The van der Waals surface area contributed by atoms with Gasteiger partial charge in [-0.2, -0.15) is 5.10 Å². The topological polar surface area (TPSA) is 75.7 Å². The number of H-pyrrole nitrogens is 1. The van der Waals surface area contributed by atoms with Crippen molar-refractivity contribution in [1.82, 2.24) is 20.2 Å². The average Bonchev–Trinajstić information content (AvgIpc) is 2.98. The van der Waals surface area contributed by atoms with Crippen LogP contribution >= 0.6 is 0 Å². The van der Waals surface area contributed by atoms with E-state index in [0.717, 1.165) is 5.69 Å². The van der Waals surface area contributed by atoms with Gasteiger partial charge in [-0.3, -0.25) is 5.10 Å². The highest BCUT2D eigenvalue weighted by molar-refractivity contribution is 5.66. The summed E-state index contributed by atoms with van der Waals surface area (Å²) in [7, 11) is 0. The van der Waals surface area contributed by atoms with Crippen LogP contribution in [-0.4, -0.2) is 26.5 Å². The molecule has 0 fully saturated rings. The molecule has 0 radical (unpaired) electrons. The molecule has 0 unspecified atom stereocenters. The molecular formula is C17H16F3N5O. The van der Waals surface area contributed by atoms with Gasteiger partial charge < -0.3 is 10.1 Å². The molecule has 0 atom stereocenters. The van der Waals surface area contributed by atoms with Gasteiger partial charge in [-0.1, -0.05) is 19.1 Å². The van der Waals surface area contributed by atoms with E-state index < -0.39 is 6.36 Å². The Morgan fingerprint density at radius 2 is 1.92 bits per heavy atom. The minimum atomic E-state index is -4.80. The minimum absolute atomic E-state index is 0.142. The number of nitrogens with one attached hydrogen (secondary N) is 2. The molecule has 3 rings (SSSR count). The number of anilines is 2. The van der Waals surface area contributed by atoms with E-state index in [1.54, 1.807) is 18.2 Å². The van der Waals surface area contributed by atoms with Crippen LogP contribution in [0.1, 0.15) is 18.3 Å². The van der Waals surface area contributed by atoms with Gasteiger partial charge >= 0.3 is 6.36 Å². The first-order valence-electron chi connectivity index (χ1n) is 7.86. The molecule has 0 amide bonds. The van der Waals surface area contributed by atoms with Gasteiger partial charge in [-0.25, -0.2) is 9.97 Å². The number of rotatable bonds is 5. The van der Waals surface area contributed by atoms with E-state index in [2.05, 4.69) is 30.2 Å². The molecule has 2 N–H and O–H groups in total. The van der Waals surface area contributed by atoms with E-state index in [9.17, 15) is 13.2 Å². The zero-order chi connectivity index (χ0) is 18.7. The summed E-state index contributed by atoms with van der Waals surface area (Å²) in [5.41, 5.74) is 1.63. The molecule has 136 valence electrons. The van der Waals surface area contributed by atoms with Crippen LogP contribution in [0.4, 0.5) is 24.8 Å². The van der Waals surface area contributed by atoms with Crippen molar-refractivity contribution in [2.45, 2.75) is 26.6 Å². The van der Waals surface area contributed by atoms with Crippen molar-refractivity contribution in [3.63, 3.8) is 0 Å². The maximum atomic E-state index is 12.7. The van der Waals surface area contributed by atoms with Crippen molar-refractivity contribution in [2.24, 2.45) is 0 Å². The molecule has 26 heavy (non-hydrogen) atoms. The number of halogens is 3. The molecule has 1 aromatic carbocycles. The van der Waals surface area contributed by atoms with Crippen molar-refractivity contribution in [1.29, 1.82) is 0 Å². The van der Waals surface area contributed by atoms with Crippen LogP contribution in [0.25, 0.3) is 11.4 Å². The maximum absolute atomic E-state index is 12.7. The Kier molecular flexibility index (Phi) is 4.79. The van der Waals surface area contributed by atoms with Crippen LogP contribution in [-0.2, 0) is 6.42 Å². The van der Waals surface area contributed by atoms with Crippen LogP contribution in [0.5, 0.6) is 5.75 Å². The van der Waals surface area contributed by atoms with Gasteiger partial charge in [0.15, 0.2) is 5.82 Å². The number of benzene rings is 1. The van der Waals surface area contributed by atoms with Crippen LogP contribution in [0, 0.1) is 6.92 Å². The predicted octanol–water partition coefficient (Wildman–Crippen LogP) is 4.38. The smallest absolute Gasteiger partial charge is 0.405 e. The van der Waals surface area contributed by atoms with Gasteiger partial charge in [0.2, 0.25) is 0 Å². The van der Waals surface area contributed by atoms with Crippen molar-refractivity contribution >= 4 is 11.6 Å². The number of para-hydroxylation sites is 1. The summed E-state index contributed by atoms with van der Waals surface area (Å²) in [5, 5.41) is 9.86. The number of nitrogens with zero attached hydrogens (tertiary/aromatic N) is 3. The Hall–Kier alpha value is -3.10. The number of aryl methyl sites for hydroxylation is 2. The fourth-order valence-electron chi connectivity index (χ4n) is 2.35. The van der Waals surface area contributed by atoms with E-state index in [4.69, 9.17) is 0 Å². The van der Waals surface area contributed by atoms with Crippen LogP contribution in [0.15, 0.2) is 36.4 Å². The first-order valence-corrected chi connectivity index (χ1v) is 7.86. The molecule has 0 aliphatic carbocycles. The molecule has 0 saturated carbocycles. The highest BCUT2D eigenvalue weighted by Gasteiger charge is 2.32. The van der Waals surface area contributed by atoms with Crippen molar-refractivity contribution in [3.05, 3.63) is 47.8 Å². The van der Waals surface area contributed by atoms with E-state index in [0.29, 0.717) is 23.8 Å². The highest BCUT2D eigenvalue weighted by Crippen LogP contribution is 2.32. The summed E-state index contributed by atoms with van der Waals surface area (Å²) >= 11 is 0. The standard InChI is InChI=1S/C17H16F3N5O/c1-3-11-9-14(22-15-8-10(2)24-25-15)23-16(21-11)12-6-4-5-7-13(12)26-17(18,19)20/h4-9H,3H2,1-2H3,(H2,21,22,23,24,25). The molecular weight excluding hydrogens is 347 g/mol. The molecule has 0 saturated heterocycles. The summed E-state index contributed by atoms with van der Waals surface area (Å²) < 4.78 is 42.1. The van der Waals surface area contributed by atoms with E-state index in [1.807, 2.05) is 13.8 Å². The lowest BCUT2D eigenvalue weighted by molar-refractivity contribution is -0.274. The minimum Gasteiger partial charge on any atom is -0.405 e. The number of hydrogen-bond donors (Lipinski definition) is 2. The fraction of sp³-hybridized carbons (Fsp3) is 0.235. The second-order valence-corrected chi connectivity index (χ2v) is 5.51. The zero-order valence-electron chi connectivity index (χ0n) is 14.1. The summed E-state index contributed by atoms with van der Waals surface area (Å²) in [6, 6.07) is 9.30. The zero-order valence-corrected chi connectivity index (χ0v) is 14.1. The Bertz CT molecular complexity index is 907. The Labute approximate surface area is 147 Å².